The van der Waals surface area contributed by atoms with Crippen LogP contribution < -0.4 is 10.1 Å². The van der Waals surface area contributed by atoms with E-state index in [1.54, 1.807) is 13.0 Å². The number of carbonyl (C=O) groups is 2. The van der Waals surface area contributed by atoms with Gasteiger partial charge in [0.25, 0.3) is 5.91 Å². The standard InChI is InChI=1S/C28H28ClFN2O3S/c1-13-14(2)25(32-26(33)24-22(29)20-5-4-19(30)9-21(20)36-24)31-15(3)23(13)35-27(34)28-10-16-6-17(11-28)8-18(7-16)12-28/h4-5,9,16-18H,6-8,10-12H2,1-3H3,(H,31,32,33). The maximum Gasteiger partial charge on any atom is 0.317 e. The number of esters is 1. The van der Waals surface area contributed by atoms with E-state index >= 15 is 0 Å². The number of nitrogens with zero attached hydrogens (tertiary/aromatic N) is 1. The Labute approximate surface area is 218 Å². The number of amides is 1. The first-order valence-corrected chi connectivity index (χ1v) is 13.7. The molecule has 0 spiro atoms. The molecule has 7 rings (SSSR count). The van der Waals surface area contributed by atoms with Crippen LogP contribution in [0.3, 0.4) is 0 Å². The Morgan fingerprint density at radius 1 is 1.08 bits per heavy atom. The van der Waals surface area contributed by atoms with E-state index in [9.17, 15) is 14.0 Å². The second-order valence-electron chi connectivity index (χ2n) is 11.1. The Morgan fingerprint density at radius 2 is 1.72 bits per heavy atom. The summed E-state index contributed by atoms with van der Waals surface area (Å²) < 4.78 is 20.3. The third kappa shape index (κ3) is 3.82. The zero-order valence-corrected chi connectivity index (χ0v) is 22.1. The minimum Gasteiger partial charge on any atom is -0.424 e. The van der Waals surface area contributed by atoms with Gasteiger partial charge in [-0.1, -0.05) is 11.6 Å². The van der Waals surface area contributed by atoms with E-state index < -0.39 is 5.91 Å². The van der Waals surface area contributed by atoms with Gasteiger partial charge in [0.15, 0.2) is 5.75 Å². The number of nitrogens with one attached hydrogen (secondary N) is 1. The Kier molecular flexibility index (Phi) is 5.65. The lowest BCUT2D eigenvalue weighted by Gasteiger charge is -2.55. The number of halogens is 2. The fraction of sp³-hybridized carbons (Fsp3) is 0.464. The molecule has 1 aromatic carbocycles. The highest BCUT2D eigenvalue weighted by Gasteiger charge is 2.55. The van der Waals surface area contributed by atoms with Crippen molar-refractivity contribution in [1.29, 1.82) is 0 Å². The van der Waals surface area contributed by atoms with E-state index in [1.807, 2.05) is 13.8 Å². The number of carbonyl (C=O) groups excluding carboxylic acids is 2. The Hall–Kier alpha value is -2.51. The molecule has 0 radical (unpaired) electrons. The summed E-state index contributed by atoms with van der Waals surface area (Å²) in [7, 11) is 0. The lowest BCUT2D eigenvalue weighted by atomic mass is 9.49. The summed E-state index contributed by atoms with van der Waals surface area (Å²) >= 11 is 7.57. The molecule has 3 aromatic rings. The molecule has 5 nitrogen and oxygen atoms in total. The summed E-state index contributed by atoms with van der Waals surface area (Å²) in [5.74, 6) is 1.94. The van der Waals surface area contributed by atoms with Crippen molar-refractivity contribution in [2.24, 2.45) is 23.2 Å². The van der Waals surface area contributed by atoms with Crippen molar-refractivity contribution in [3.8, 4) is 5.75 Å². The van der Waals surface area contributed by atoms with Gasteiger partial charge in [-0.05, 0) is 101 Å². The van der Waals surface area contributed by atoms with E-state index in [0.717, 1.165) is 41.7 Å². The van der Waals surface area contributed by atoms with Crippen molar-refractivity contribution >= 4 is 50.7 Å². The predicted molar refractivity (Wildman–Crippen MR) is 139 cm³/mol. The normalized spacial score (nSPS) is 26.4. The molecule has 4 saturated carbocycles. The van der Waals surface area contributed by atoms with Gasteiger partial charge in [0.1, 0.15) is 16.5 Å². The molecule has 36 heavy (non-hydrogen) atoms. The molecular formula is C28H28ClFN2O3S. The SMILES string of the molecule is Cc1nc(NC(=O)c2sc3cc(F)ccc3c2Cl)c(C)c(C)c1OC(=O)C12CC3CC(CC(C3)C1)C2. The van der Waals surface area contributed by atoms with E-state index in [1.165, 1.54) is 31.4 Å². The van der Waals surface area contributed by atoms with E-state index in [2.05, 4.69) is 10.3 Å². The summed E-state index contributed by atoms with van der Waals surface area (Å²) in [6.07, 6.45) is 6.61. The monoisotopic (exact) mass is 526 g/mol. The van der Waals surface area contributed by atoms with Gasteiger partial charge in [0, 0.05) is 15.6 Å². The molecule has 1 N–H and O–H groups in total. The van der Waals surface area contributed by atoms with E-state index in [4.69, 9.17) is 16.3 Å². The maximum atomic E-state index is 13.6. The number of ether oxygens (including phenoxy) is 1. The molecule has 1 amide bonds. The molecule has 4 bridgehead atoms. The van der Waals surface area contributed by atoms with Crippen molar-refractivity contribution in [2.75, 3.05) is 5.32 Å². The van der Waals surface area contributed by atoms with Gasteiger partial charge in [-0.25, -0.2) is 9.37 Å². The average Bonchev–Trinajstić information content (AvgIpc) is 3.14. The highest BCUT2D eigenvalue weighted by atomic mass is 35.5. The van der Waals surface area contributed by atoms with Crippen LogP contribution in [0.5, 0.6) is 5.75 Å². The Balaban J connectivity index is 1.25. The summed E-state index contributed by atoms with van der Waals surface area (Å²) in [6, 6.07) is 4.27. The number of rotatable bonds is 4. The third-order valence-electron chi connectivity index (χ3n) is 8.56. The molecular weight excluding hydrogens is 499 g/mol. The molecule has 4 aliphatic rings. The van der Waals surface area contributed by atoms with Gasteiger partial charge in [-0.15, -0.1) is 11.3 Å². The summed E-state index contributed by atoms with van der Waals surface area (Å²) in [4.78, 5) is 31.5. The first kappa shape index (κ1) is 23.9. The highest BCUT2D eigenvalue weighted by molar-refractivity contribution is 7.21. The van der Waals surface area contributed by atoms with Crippen molar-refractivity contribution in [2.45, 2.75) is 59.3 Å². The van der Waals surface area contributed by atoms with E-state index in [0.29, 0.717) is 55.0 Å². The predicted octanol–water partition coefficient (Wildman–Crippen LogP) is 7.39. The fourth-order valence-electron chi connectivity index (χ4n) is 7.10. The van der Waals surface area contributed by atoms with Gasteiger partial charge < -0.3 is 10.1 Å². The molecule has 0 aliphatic heterocycles. The Morgan fingerprint density at radius 3 is 2.36 bits per heavy atom. The quantitative estimate of drug-likeness (QED) is 0.360. The van der Waals surface area contributed by atoms with Crippen LogP contribution in [0.25, 0.3) is 10.1 Å². The zero-order valence-electron chi connectivity index (χ0n) is 20.5. The first-order chi connectivity index (χ1) is 17.1. The minimum atomic E-state index is -0.408. The third-order valence-corrected chi connectivity index (χ3v) is 10.2. The van der Waals surface area contributed by atoms with Crippen molar-refractivity contribution in [1.82, 2.24) is 4.98 Å². The van der Waals surface area contributed by atoms with E-state index in [-0.39, 0.29) is 17.2 Å². The molecule has 8 heteroatoms. The minimum absolute atomic E-state index is 0.116. The average molecular weight is 527 g/mol. The lowest BCUT2D eigenvalue weighted by molar-refractivity contribution is -0.161. The highest BCUT2D eigenvalue weighted by Crippen LogP contribution is 2.60. The maximum absolute atomic E-state index is 13.6. The molecule has 0 saturated heterocycles. The summed E-state index contributed by atoms with van der Waals surface area (Å²) in [5, 5.41) is 3.78. The largest absolute Gasteiger partial charge is 0.424 e. The van der Waals surface area contributed by atoms with Crippen molar-refractivity contribution < 1.29 is 18.7 Å². The molecule has 2 heterocycles. The molecule has 2 aromatic heterocycles. The smallest absolute Gasteiger partial charge is 0.317 e. The van der Waals surface area contributed by atoms with Crippen molar-refractivity contribution in [3.05, 3.63) is 50.7 Å². The number of hydrogen-bond donors (Lipinski definition) is 1. The number of aromatic nitrogens is 1. The second-order valence-corrected chi connectivity index (χ2v) is 12.5. The van der Waals surface area contributed by atoms with Crippen LogP contribution in [0, 0.1) is 49.8 Å². The summed E-state index contributed by atoms with van der Waals surface area (Å²) in [6.45, 7) is 5.53. The Bertz CT molecular complexity index is 1400. The number of hydrogen-bond acceptors (Lipinski definition) is 5. The summed E-state index contributed by atoms with van der Waals surface area (Å²) in [5.41, 5.74) is 1.70. The fourth-order valence-corrected chi connectivity index (χ4v) is 8.54. The molecule has 0 unspecified atom stereocenters. The number of benzene rings is 1. The van der Waals surface area contributed by atoms with Gasteiger partial charge in [-0.2, -0.15) is 0 Å². The lowest BCUT2D eigenvalue weighted by Crippen LogP contribution is -2.51. The second kappa shape index (κ2) is 8.52. The number of anilines is 1. The number of pyridine rings is 1. The van der Waals surface area contributed by atoms with Crippen LogP contribution in [-0.4, -0.2) is 16.9 Å². The van der Waals surface area contributed by atoms with Gasteiger partial charge in [-0.3, -0.25) is 9.59 Å². The molecule has 4 aliphatic carbocycles. The molecule has 188 valence electrons. The zero-order chi connectivity index (χ0) is 25.4. The first-order valence-electron chi connectivity index (χ1n) is 12.5. The van der Waals surface area contributed by atoms with Crippen LogP contribution in [-0.2, 0) is 4.79 Å². The van der Waals surface area contributed by atoms with Crippen LogP contribution in [0.2, 0.25) is 5.02 Å². The number of fused-ring (bicyclic) bond motifs is 1. The van der Waals surface area contributed by atoms with Crippen LogP contribution in [0.1, 0.15) is 65.0 Å². The van der Waals surface area contributed by atoms with Gasteiger partial charge in [0.2, 0.25) is 0 Å². The van der Waals surface area contributed by atoms with Crippen LogP contribution in [0.15, 0.2) is 18.2 Å². The van der Waals surface area contributed by atoms with Crippen LogP contribution >= 0.6 is 22.9 Å². The number of aryl methyl sites for hydroxylation is 1. The molecule has 4 fully saturated rings. The number of thiophene rings is 1. The molecule has 0 atom stereocenters. The van der Waals surface area contributed by atoms with Crippen LogP contribution in [0.4, 0.5) is 10.2 Å². The van der Waals surface area contributed by atoms with Gasteiger partial charge in [0.05, 0.1) is 16.1 Å². The topological polar surface area (TPSA) is 68.3 Å². The van der Waals surface area contributed by atoms with Gasteiger partial charge >= 0.3 is 5.97 Å². The van der Waals surface area contributed by atoms with Crippen molar-refractivity contribution in [3.63, 3.8) is 0 Å².